The summed E-state index contributed by atoms with van der Waals surface area (Å²) in [5, 5.41) is 9.51. The molecule has 0 aliphatic rings. The lowest BCUT2D eigenvalue weighted by molar-refractivity contribution is -0.121. The number of hydrogen-bond acceptors (Lipinski definition) is 3. The van der Waals surface area contributed by atoms with Gasteiger partial charge in [-0.15, -0.1) is 0 Å². The van der Waals surface area contributed by atoms with Crippen molar-refractivity contribution in [2.24, 2.45) is 5.10 Å². The molecule has 0 fully saturated rings. The summed E-state index contributed by atoms with van der Waals surface area (Å²) in [6, 6.07) is 21.4. The van der Waals surface area contributed by atoms with E-state index in [1.54, 1.807) is 13.1 Å². The maximum atomic E-state index is 12.2. The van der Waals surface area contributed by atoms with Gasteiger partial charge in [0.05, 0.1) is 6.21 Å². The van der Waals surface area contributed by atoms with Gasteiger partial charge in [0.2, 0.25) is 0 Å². The molecule has 3 rings (SSSR count). The molecule has 1 amide bonds. The van der Waals surface area contributed by atoms with Crippen molar-refractivity contribution >= 4 is 44.5 Å². The van der Waals surface area contributed by atoms with Gasteiger partial charge in [-0.2, -0.15) is 5.10 Å². The standard InChI is InChI=1S/C20H18BrN3O/c1-14(20(25)24-22-13-15-6-9-18(21)10-7-15)23-19-11-8-16-4-2-3-5-17(16)12-19/h2-14,23H,1H3,(H,24,25)/b22-13-/t14-/m1/s1. The molecule has 0 radical (unpaired) electrons. The van der Waals surface area contributed by atoms with Gasteiger partial charge in [-0.1, -0.05) is 58.4 Å². The molecule has 0 heterocycles. The molecular weight excluding hydrogens is 378 g/mol. The molecule has 5 heteroatoms. The van der Waals surface area contributed by atoms with Crippen molar-refractivity contribution in [3.63, 3.8) is 0 Å². The lowest BCUT2D eigenvalue weighted by Gasteiger charge is -2.14. The first kappa shape index (κ1) is 17.2. The number of halogens is 1. The minimum atomic E-state index is -0.400. The number of rotatable bonds is 5. The van der Waals surface area contributed by atoms with Gasteiger partial charge in [-0.3, -0.25) is 4.79 Å². The van der Waals surface area contributed by atoms with E-state index in [1.807, 2.05) is 60.7 Å². The van der Waals surface area contributed by atoms with E-state index < -0.39 is 6.04 Å². The quantitative estimate of drug-likeness (QED) is 0.491. The van der Waals surface area contributed by atoms with Crippen LogP contribution in [0.2, 0.25) is 0 Å². The van der Waals surface area contributed by atoms with Crippen LogP contribution in [0.4, 0.5) is 5.69 Å². The molecule has 0 aliphatic heterocycles. The Balaban J connectivity index is 1.58. The molecule has 0 bridgehead atoms. The van der Waals surface area contributed by atoms with Gasteiger partial charge in [-0.25, -0.2) is 5.43 Å². The highest BCUT2D eigenvalue weighted by molar-refractivity contribution is 9.10. The van der Waals surface area contributed by atoms with Gasteiger partial charge in [-0.05, 0) is 47.5 Å². The van der Waals surface area contributed by atoms with Gasteiger partial charge in [0, 0.05) is 10.2 Å². The lowest BCUT2D eigenvalue weighted by atomic mass is 10.1. The predicted octanol–water partition coefficient (Wildman–Crippen LogP) is 4.55. The maximum absolute atomic E-state index is 12.2. The molecule has 0 aliphatic carbocycles. The highest BCUT2D eigenvalue weighted by Crippen LogP contribution is 2.19. The maximum Gasteiger partial charge on any atom is 0.262 e. The first-order valence-corrected chi connectivity index (χ1v) is 8.75. The van der Waals surface area contributed by atoms with Crippen molar-refractivity contribution in [2.75, 3.05) is 5.32 Å². The molecule has 0 unspecified atom stereocenters. The van der Waals surface area contributed by atoms with Gasteiger partial charge < -0.3 is 5.32 Å². The Morgan fingerprint density at radius 3 is 2.52 bits per heavy atom. The van der Waals surface area contributed by atoms with Crippen LogP contribution in [0.3, 0.4) is 0 Å². The van der Waals surface area contributed by atoms with E-state index in [9.17, 15) is 4.79 Å². The largest absolute Gasteiger partial charge is 0.374 e. The second-order valence-corrected chi connectivity index (χ2v) is 6.63. The fraction of sp³-hybridized carbons (Fsp3) is 0.100. The highest BCUT2D eigenvalue weighted by atomic mass is 79.9. The fourth-order valence-electron chi connectivity index (χ4n) is 2.41. The Morgan fingerprint density at radius 1 is 1.04 bits per heavy atom. The van der Waals surface area contributed by atoms with Gasteiger partial charge in [0.15, 0.2) is 0 Å². The summed E-state index contributed by atoms with van der Waals surface area (Å²) in [5.41, 5.74) is 4.38. The van der Waals surface area contributed by atoms with Crippen LogP contribution in [-0.2, 0) is 4.79 Å². The van der Waals surface area contributed by atoms with Crippen LogP contribution in [0.5, 0.6) is 0 Å². The SMILES string of the molecule is C[C@@H](Nc1ccc2ccccc2c1)C(=O)N/N=C\c1ccc(Br)cc1. The van der Waals surface area contributed by atoms with E-state index in [4.69, 9.17) is 0 Å². The molecule has 4 nitrogen and oxygen atoms in total. The fourth-order valence-corrected chi connectivity index (χ4v) is 2.68. The van der Waals surface area contributed by atoms with E-state index in [-0.39, 0.29) is 5.91 Å². The summed E-state index contributed by atoms with van der Waals surface area (Å²) < 4.78 is 1.00. The number of nitrogens with zero attached hydrogens (tertiary/aromatic N) is 1. The number of carbonyl (C=O) groups is 1. The second-order valence-electron chi connectivity index (χ2n) is 5.71. The molecule has 3 aromatic rings. The van der Waals surface area contributed by atoms with Crippen LogP contribution in [0.15, 0.2) is 76.3 Å². The Morgan fingerprint density at radius 2 is 1.76 bits per heavy atom. The summed E-state index contributed by atoms with van der Waals surface area (Å²) in [5.74, 6) is -0.193. The zero-order valence-corrected chi connectivity index (χ0v) is 15.3. The average molecular weight is 396 g/mol. The Bertz CT molecular complexity index is 906. The van der Waals surface area contributed by atoms with Crippen molar-refractivity contribution in [3.05, 3.63) is 76.8 Å². The van der Waals surface area contributed by atoms with Crippen molar-refractivity contribution in [2.45, 2.75) is 13.0 Å². The molecule has 25 heavy (non-hydrogen) atoms. The molecule has 2 N–H and O–H groups in total. The molecule has 0 saturated heterocycles. The zero-order valence-electron chi connectivity index (χ0n) is 13.7. The van der Waals surface area contributed by atoms with Crippen molar-refractivity contribution < 1.29 is 4.79 Å². The monoisotopic (exact) mass is 395 g/mol. The summed E-state index contributed by atoms with van der Waals surface area (Å²) in [7, 11) is 0. The Labute approximate surface area is 155 Å². The van der Waals surface area contributed by atoms with E-state index >= 15 is 0 Å². The number of fused-ring (bicyclic) bond motifs is 1. The first-order chi connectivity index (χ1) is 12.1. The highest BCUT2D eigenvalue weighted by Gasteiger charge is 2.11. The molecule has 126 valence electrons. The molecule has 3 aromatic carbocycles. The predicted molar refractivity (Wildman–Crippen MR) is 107 cm³/mol. The van der Waals surface area contributed by atoms with Crippen LogP contribution >= 0.6 is 15.9 Å². The topological polar surface area (TPSA) is 53.5 Å². The van der Waals surface area contributed by atoms with Crippen LogP contribution in [0.25, 0.3) is 10.8 Å². The van der Waals surface area contributed by atoms with Crippen molar-refractivity contribution in [1.29, 1.82) is 0 Å². The molecule has 1 atom stereocenters. The van der Waals surface area contributed by atoms with Gasteiger partial charge in [0.25, 0.3) is 5.91 Å². The van der Waals surface area contributed by atoms with E-state index in [0.29, 0.717) is 0 Å². The molecule has 0 saturated carbocycles. The molecule has 0 aromatic heterocycles. The van der Waals surface area contributed by atoms with E-state index in [0.717, 1.165) is 21.1 Å². The summed E-state index contributed by atoms with van der Waals surface area (Å²) in [6.07, 6.45) is 1.62. The minimum absolute atomic E-state index is 0.193. The average Bonchev–Trinajstić information content (AvgIpc) is 2.63. The first-order valence-electron chi connectivity index (χ1n) is 7.96. The number of carbonyl (C=O) groups excluding carboxylic acids is 1. The van der Waals surface area contributed by atoms with E-state index in [1.165, 1.54) is 5.39 Å². The Hall–Kier alpha value is -2.66. The molecule has 0 spiro atoms. The van der Waals surface area contributed by atoms with Crippen LogP contribution in [0.1, 0.15) is 12.5 Å². The number of hydrogen-bond donors (Lipinski definition) is 2. The van der Waals surface area contributed by atoms with E-state index in [2.05, 4.69) is 37.8 Å². The number of amides is 1. The van der Waals surface area contributed by atoms with Gasteiger partial charge in [0.1, 0.15) is 6.04 Å². The number of hydrazone groups is 1. The summed E-state index contributed by atoms with van der Waals surface area (Å²) >= 11 is 3.38. The van der Waals surface area contributed by atoms with Crippen LogP contribution in [0, 0.1) is 0 Å². The van der Waals surface area contributed by atoms with Crippen LogP contribution in [-0.4, -0.2) is 18.2 Å². The Kier molecular flexibility index (Phi) is 5.46. The lowest BCUT2D eigenvalue weighted by Crippen LogP contribution is -2.34. The third kappa shape index (κ3) is 4.67. The summed E-state index contributed by atoms with van der Waals surface area (Å²) in [6.45, 7) is 1.81. The second kappa shape index (κ2) is 7.94. The molecular formula is C20H18BrN3O. The minimum Gasteiger partial charge on any atom is -0.374 e. The third-order valence-electron chi connectivity index (χ3n) is 3.78. The van der Waals surface area contributed by atoms with Gasteiger partial charge >= 0.3 is 0 Å². The van der Waals surface area contributed by atoms with Crippen LogP contribution < -0.4 is 10.7 Å². The summed E-state index contributed by atoms with van der Waals surface area (Å²) in [4.78, 5) is 12.2. The third-order valence-corrected chi connectivity index (χ3v) is 4.31. The number of anilines is 1. The number of nitrogens with one attached hydrogen (secondary N) is 2. The number of benzene rings is 3. The normalized spacial score (nSPS) is 12.2. The van der Waals surface area contributed by atoms with Crippen molar-refractivity contribution in [3.8, 4) is 0 Å². The van der Waals surface area contributed by atoms with Crippen molar-refractivity contribution in [1.82, 2.24) is 5.43 Å². The smallest absolute Gasteiger partial charge is 0.262 e. The zero-order chi connectivity index (χ0) is 17.6.